The van der Waals surface area contributed by atoms with Crippen molar-refractivity contribution in [3.8, 4) is 0 Å². The van der Waals surface area contributed by atoms with Crippen LogP contribution in [0.1, 0.15) is 19.4 Å². The van der Waals surface area contributed by atoms with Gasteiger partial charge in [0.25, 0.3) is 0 Å². The molecule has 68 valence electrons. The summed E-state index contributed by atoms with van der Waals surface area (Å²) in [4.78, 5) is 19.2. The predicted octanol–water partition coefficient (Wildman–Crippen LogP) is 1.36. The summed E-state index contributed by atoms with van der Waals surface area (Å²) in [5.74, 6) is 0.430. The first kappa shape index (κ1) is 8.44. The van der Waals surface area contributed by atoms with Gasteiger partial charge in [-0.25, -0.2) is 9.97 Å². The van der Waals surface area contributed by atoms with Crippen molar-refractivity contribution in [1.29, 1.82) is 0 Å². The molecule has 0 atom stereocenters. The van der Waals surface area contributed by atoms with Crippen molar-refractivity contribution in [3.05, 3.63) is 17.0 Å². The Morgan fingerprint density at radius 3 is 2.77 bits per heavy atom. The number of rotatable bonds is 0. The summed E-state index contributed by atoms with van der Waals surface area (Å²) < 4.78 is 0. The second kappa shape index (κ2) is 2.42. The third-order valence-corrected chi connectivity index (χ3v) is 2.51. The molecule has 1 aliphatic rings. The maximum atomic E-state index is 11.5. The first-order valence-electron chi connectivity index (χ1n) is 3.86. The molecular weight excluding hydrogens is 190 g/mol. The molecule has 1 aromatic heterocycles. The Hall–Kier alpha value is -1.16. The minimum Gasteiger partial charge on any atom is -0.310 e. The van der Waals surface area contributed by atoms with Gasteiger partial charge in [0.2, 0.25) is 5.91 Å². The highest BCUT2D eigenvalue weighted by atomic mass is 35.5. The highest BCUT2D eigenvalue weighted by Crippen LogP contribution is 2.38. The second-order valence-electron chi connectivity index (χ2n) is 3.47. The molecule has 0 aromatic carbocycles. The van der Waals surface area contributed by atoms with Gasteiger partial charge in [0.1, 0.15) is 17.3 Å². The molecule has 0 saturated heterocycles. The van der Waals surface area contributed by atoms with Gasteiger partial charge in [-0.1, -0.05) is 11.6 Å². The van der Waals surface area contributed by atoms with Crippen LogP contribution < -0.4 is 5.32 Å². The van der Waals surface area contributed by atoms with Gasteiger partial charge in [0, 0.05) is 5.56 Å². The van der Waals surface area contributed by atoms with E-state index in [1.165, 1.54) is 6.33 Å². The summed E-state index contributed by atoms with van der Waals surface area (Å²) in [5.41, 5.74) is 0.0508. The van der Waals surface area contributed by atoms with E-state index in [-0.39, 0.29) is 5.91 Å². The van der Waals surface area contributed by atoms with Crippen LogP contribution in [0.25, 0.3) is 0 Å². The van der Waals surface area contributed by atoms with Gasteiger partial charge in [-0.15, -0.1) is 0 Å². The summed E-state index contributed by atoms with van der Waals surface area (Å²) in [6.07, 6.45) is 1.34. The van der Waals surface area contributed by atoms with Crippen molar-refractivity contribution in [2.75, 3.05) is 5.32 Å². The average Bonchev–Trinajstić information content (AvgIpc) is 2.24. The third kappa shape index (κ3) is 1.02. The molecule has 0 saturated carbocycles. The van der Waals surface area contributed by atoms with Crippen molar-refractivity contribution in [2.24, 2.45) is 0 Å². The highest BCUT2D eigenvalue weighted by Gasteiger charge is 2.41. The van der Waals surface area contributed by atoms with Gasteiger partial charge in [0.05, 0.1) is 5.41 Å². The number of carbonyl (C=O) groups is 1. The SMILES string of the molecule is CC1(C)C(=O)Nc2ncnc(Cl)c21. The van der Waals surface area contributed by atoms with Crippen LogP contribution in [0.3, 0.4) is 0 Å². The number of fused-ring (bicyclic) bond motifs is 1. The normalized spacial score (nSPS) is 18.2. The zero-order chi connectivity index (χ0) is 9.64. The number of halogens is 1. The Morgan fingerprint density at radius 2 is 2.15 bits per heavy atom. The van der Waals surface area contributed by atoms with Crippen LogP contribution in [0, 0.1) is 0 Å². The number of nitrogens with one attached hydrogen (secondary N) is 1. The number of amides is 1. The van der Waals surface area contributed by atoms with E-state index in [9.17, 15) is 4.79 Å². The molecule has 0 fully saturated rings. The number of hydrogen-bond acceptors (Lipinski definition) is 3. The third-order valence-electron chi connectivity index (χ3n) is 2.23. The molecule has 5 heteroatoms. The number of anilines is 1. The lowest BCUT2D eigenvalue weighted by atomic mass is 9.88. The average molecular weight is 198 g/mol. The molecule has 1 aliphatic heterocycles. The minimum absolute atomic E-state index is 0.0927. The van der Waals surface area contributed by atoms with Crippen molar-refractivity contribution >= 4 is 23.3 Å². The fraction of sp³-hybridized carbons (Fsp3) is 0.375. The lowest BCUT2D eigenvalue weighted by Gasteiger charge is -2.14. The largest absolute Gasteiger partial charge is 0.310 e. The summed E-state index contributed by atoms with van der Waals surface area (Å²) in [6, 6.07) is 0. The molecule has 0 unspecified atom stereocenters. The number of hydrogen-bond donors (Lipinski definition) is 1. The Balaban J connectivity index is 2.70. The summed E-state index contributed by atoms with van der Waals surface area (Å²) in [7, 11) is 0. The molecule has 0 bridgehead atoms. The zero-order valence-electron chi connectivity index (χ0n) is 7.26. The number of carbonyl (C=O) groups excluding carboxylic acids is 1. The molecule has 4 nitrogen and oxygen atoms in total. The van der Waals surface area contributed by atoms with Gasteiger partial charge in [-0.2, -0.15) is 0 Å². The Morgan fingerprint density at radius 1 is 1.46 bits per heavy atom. The summed E-state index contributed by atoms with van der Waals surface area (Å²) >= 11 is 5.88. The lowest BCUT2D eigenvalue weighted by Crippen LogP contribution is -2.27. The van der Waals surface area contributed by atoms with Crippen molar-refractivity contribution in [1.82, 2.24) is 9.97 Å². The number of nitrogens with zero attached hydrogens (tertiary/aromatic N) is 2. The first-order valence-corrected chi connectivity index (χ1v) is 4.23. The molecule has 2 heterocycles. The van der Waals surface area contributed by atoms with Crippen LogP contribution in [-0.4, -0.2) is 15.9 Å². The zero-order valence-corrected chi connectivity index (χ0v) is 8.01. The van der Waals surface area contributed by atoms with E-state index in [0.29, 0.717) is 16.5 Å². The van der Waals surface area contributed by atoms with Gasteiger partial charge >= 0.3 is 0 Å². The molecule has 13 heavy (non-hydrogen) atoms. The van der Waals surface area contributed by atoms with E-state index in [1.807, 2.05) is 0 Å². The molecule has 1 aromatic rings. The molecule has 1 amide bonds. The fourth-order valence-electron chi connectivity index (χ4n) is 1.39. The van der Waals surface area contributed by atoms with Crippen LogP contribution in [0.2, 0.25) is 5.15 Å². The Kier molecular flexibility index (Phi) is 1.57. The Bertz CT molecular complexity index is 389. The van der Waals surface area contributed by atoms with Crippen LogP contribution >= 0.6 is 11.6 Å². The van der Waals surface area contributed by atoms with Crippen LogP contribution in [0.15, 0.2) is 6.33 Å². The summed E-state index contributed by atoms with van der Waals surface area (Å²) in [5, 5.41) is 3.00. The van der Waals surface area contributed by atoms with E-state index < -0.39 is 5.41 Å². The van der Waals surface area contributed by atoms with Crippen molar-refractivity contribution in [2.45, 2.75) is 19.3 Å². The molecule has 0 radical (unpaired) electrons. The second-order valence-corrected chi connectivity index (χ2v) is 3.83. The van der Waals surface area contributed by atoms with E-state index in [2.05, 4.69) is 15.3 Å². The molecule has 0 aliphatic carbocycles. The maximum Gasteiger partial charge on any atom is 0.235 e. The standard InChI is InChI=1S/C8H8ClN3O/c1-8(2)4-5(9)10-3-11-6(4)12-7(8)13/h3H,1-2H3,(H,10,11,12,13). The van der Waals surface area contributed by atoms with Crippen LogP contribution in [-0.2, 0) is 10.2 Å². The predicted molar refractivity (Wildman–Crippen MR) is 48.7 cm³/mol. The Labute approximate surface area is 80.3 Å². The van der Waals surface area contributed by atoms with Gasteiger partial charge in [-0.05, 0) is 13.8 Å². The van der Waals surface area contributed by atoms with Crippen LogP contribution in [0.4, 0.5) is 5.82 Å². The topological polar surface area (TPSA) is 54.9 Å². The fourth-order valence-corrected chi connectivity index (χ4v) is 1.76. The molecule has 0 spiro atoms. The van der Waals surface area contributed by atoms with E-state index in [4.69, 9.17) is 11.6 Å². The van der Waals surface area contributed by atoms with E-state index in [1.54, 1.807) is 13.8 Å². The van der Waals surface area contributed by atoms with Crippen molar-refractivity contribution < 1.29 is 4.79 Å². The molecule has 2 rings (SSSR count). The van der Waals surface area contributed by atoms with Gasteiger partial charge in [0.15, 0.2) is 0 Å². The van der Waals surface area contributed by atoms with Crippen molar-refractivity contribution in [3.63, 3.8) is 0 Å². The molecular formula is C8H8ClN3O. The molecule has 1 N–H and O–H groups in total. The smallest absolute Gasteiger partial charge is 0.235 e. The van der Waals surface area contributed by atoms with E-state index >= 15 is 0 Å². The van der Waals surface area contributed by atoms with Gasteiger partial charge in [-0.3, -0.25) is 4.79 Å². The highest BCUT2D eigenvalue weighted by molar-refractivity contribution is 6.31. The quantitative estimate of drug-likeness (QED) is 0.639. The maximum absolute atomic E-state index is 11.5. The number of aromatic nitrogens is 2. The van der Waals surface area contributed by atoms with E-state index in [0.717, 1.165) is 0 Å². The van der Waals surface area contributed by atoms with Gasteiger partial charge < -0.3 is 5.32 Å². The first-order chi connectivity index (χ1) is 6.03. The van der Waals surface area contributed by atoms with Crippen LogP contribution in [0.5, 0.6) is 0 Å². The minimum atomic E-state index is -0.631. The monoisotopic (exact) mass is 197 g/mol. The summed E-state index contributed by atoms with van der Waals surface area (Å²) in [6.45, 7) is 3.59. The lowest BCUT2D eigenvalue weighted by molar-refractivity contribution is -0.119.